The molecule has 1 saturated heterocycles. The summed E-state index contributed by atoms with van der Waals surface area (Å²) in [6.45, 7) is 22.3. The first kappa shape index (κ1) is 16.4. The molecule has 0 N–H and O–H groups in total. The van der Waals surface area contributed by atoms with Gasteiger partial charge in [0.05, 0.1) is 24.2 Å². The molecule has 0 bridgehead atoms. The molecule has 7 heteroatoms. The van der Waals surface area contributed by atoms with Crippen LogP contribution in [0.3, 0.4) is 0 Å². The second-order valence-corrected chi connectivity index (χ2v) is 28.4. The summed E-state index contributed by atoms with van der Waals surface area (Å²) in [6.07, 6.45) is 0. The third-order valence-corrected chi connectivity index (χ3v) is 27.5. The van der Waals surface area contributed by atoms with Crippen LogP contribution in [0.2, 0.25) is 58.9 Å². The predicted octanol–water partition coefficient (Wildman–Crippen LogP) is 5.45. The van der Waals surface area contributed by atoms with Gasteiger partial charge in [-0.15, -0.1) is 0 Å². The SMILES string of the molecule is C[Si](C)(C)C1[P@@](N=[N+]=[N-])C1([Si](C)(C)C)[Si](C)(C)C. The van der Waals surface area contributed by atoms with E-state index in [2.05, 4.69) is 68.7 Å². The molecule has 0 aliphatic carbocycles. The molecule has 0 spiro atoms. The van der Waals surface area contributed by atoms with Gasteiger partial charge in [-0.3, -0.25) is 0 Å². The number of nitrogens with zero attached hydrogens (tertiary/aromatic N) is 3. The van der Waals surface area contributed by atoms with Gasteiger partial charge < -0.3 is 0 Å². The van der Waals surface area contributed by atoms with Crippen LogP contribution in [0.4, 0.5) is 0 Å². The van der Waals surface area contributed by atoms with Gasteiger partial charge in [0.1, 0.15) is 0 Å². The number of hydrogen-bond donors (Lipinski definition) is 0. The van der Waals surface area contributed by atoms with E-state index in [1.54, 1.807) is 0 Å². The third-order valence-electron chi connectivity index (χ3n) is 4.18. The van der Waals surface area contributed by atoms with Crippen LogP contribution in [0, 0.1) is 0 Å². The highest BCUT2D eigenvalue weighted by Crippen LogP contribution is 2.83. The van der Waals surface area contributed by atoms with Crippen molar-refractivity contribution in [3.8, 4) is 0 Å². The zero-order valence-corrected chi connectivity index (χ0v) is 17.3. The molecule has 1 fully saturated rings. The van der Waals surface area contributed by atoms with E-state index in [1.807, 2.05) is 0 Å². The van der Waals surface area contributed by atoms with Crippen molar-refractivity contribution in [3.63, 3.8) is 0 Å². The van der Waals surface area contributed by atoms with Crippen molar-refractivity contribution < 1.29 is 0 Å². The molecule has 1 aliphatic rings. The van der Waals surface area contributed by atoms with Crippen LogP contribution >= 0.6 is 8.07 Å². The molecular weight excluding hydrogens is 289 g/mol. The second-order valence-electron chi connectivity index (χ2n) is 8.56. The molecule has 0 aromatic carbocycles. The third kappa shape index (κ3) is 2.27. The Hall–Kier alpha value is 0.391. The monoisotopic (exact) mass is 317 g/mol. The smallest absolute Gasteiger partial charge is 0.0532 e. The van der Waals surface area contributed by atoms with Crippen molar-refractivity contribution in [2.45, 2.75) is 68.6 Å². The molecule has 1 unspecified atom stereocenters. The lowest BCUT2D eigenvalue weighted by molar-refractivity contribution is 1.15. The fraction of sp³-hybridized carbons (Fsp3) is 1.00. The minimum absolute atomic E-state index is 0.432. The zero-order valence-electron chi connectivity index (χ0n) is 13.4. The van der Waals surface area contributed by atoms with Crippen LogP contribution in [0.5, 0.6) is 0 Å². The first-order valence-corrected chi connectivity index (χ1v) is 18.6. The topological polar surface area (TPSA) is 48.8 Å². The maximum Gasteiger partial charge on any atom is 0.0532 e. The predicted molar refractivity (Wildman–Crippen MR) is 92.6 cm³/mol. The first-order chi connectivity index (χ1) is 7.81. The van der Waals surface area contributed by atoms with Crippen molar-refractivity contribution in [2.24, 2.45) is 4.88 Å². The van der Waals surface area contributed by atoms with Gasteiger partial charge in [0.2, 0.25) is 0 Å². The van der Waals surface area contributed by atoms with Crippen LogP contribution in [0.15, 0.2) is 4.88 Å². The van der Waals surface area contributed by atoms with E-state index in [9.17, 15) is 0 Å². The van der Waals surface area contributed by atoms with Crippen LogP contribution in [-0.2, 0) is 0 Å². The highest BCUT2D eigenvalue weighted by Gasteiger charge is 2.77. The Labute approximate surface area is 116 Å². The van der Waals surface area contributed by atoms with Gasteiger partial charge in [0.25, 0.3) is 0 Å². The Morgan fingerprint density at radius 2 is 1.33 bits per heavy atom. The fourth-order valence-corrected chi connectivity index (χ4v) is 37.2. The van der Waals surface area contributed by atoms with E-state index in [0.717, 1.165) is 5.28 Å². The summed E-state index contributed by atoms with van der Waals surface area (Å²) in [5.74, 6) is 0. The average molecular weight is 318 g/mol. The van der Waals surface area contributed by atoms with E-state index in [-0.39, 0.29) is 0 Å². The molecule has 1 heterocycles. The molecule has 0 amide bonds. The van der Waals surface area contributed by atoms with Gasteiger partial charge in [0.15, 0.2) is 0 Å². The quantitative estimate of drug-likeness (QED) is 0.218. The lowest BCUT2D eigenvalue weighted by atomic mass is 10.9. The maximum absolute atomic E-state index is 8.94. The molecule has 0 aromatic heterocycles. The van der Waals surface area contributed by atoms with Crippen molar-refractivity contribution in [2.75, 3.05) is 0 Å². The summed E-state index contributed by atoms with van der Waals surface area (Å²) in [5.41, 5.74) is 8.94. The van der Waals surface area contributed by atoms with Gasteiger partial charge in [-0.2, -0.15) is 0 Å². The number of azide groups is 1. The minimum atomic E-state index is -1.32. The molecule has 1 aliphatic heterocycles. The van der Waals surface area contributed by atoms with Gasteiger partial charge >= 0.3 is 0 Å². The van der Waals surface area contributed by atoms with Gasteiger partial charge in [0, 0.05) is 4.91 Å². The number of rotatable bonds is 4. The Bertz CT molecular complexity index is 372. The van der Waals surface area contributed by atoms with Crippen molar-refractivity contribution in [1.82, 2.24) is 0 Å². The summed E-state index contributed by atoms with van der Waals surface area (Å²) >= 11 is 0. The van der Waals surface area contributed by atoms with Crippen molar-refractivity contribution >= 4 is 32.3 Å². The molecule has 0 saturated carbocycles. The van der Waals surface area contributed by atoms with Crippen molar-refractivity contribution in [3.05, 3.63) is 10.4 Å². The highest BCUT2D eigenvalue weighted by atomic mass is 31.1. The molecule has 2 atom stereocenters. The van der Waals surface area contributed by atoms with Crippen LogP contribution in [0.25, 0.3) is 10.4 Å². The minimum Gasteiger partial charge on any atom is -0.0726 e. The Kier molecular flexibility index (Phi) is 4.07. The van der Waals surface area contributed by atoms with E-state index >= 15 is 0 Å². The summed E-state index contributed by atoms with van der Waals surface area (Å²) in [6, 6.07) is 0. The summed E-state index contributed by atoms with van der Waals surface area (Å²) in [7, 11) is -4.32. The highest BCUT2D eigenvalue weighted by molar-refractivity contribution is 7.78. The van der Waals surface area contributed by atoms with Crippen LogP contribution in [0.1, 0.15) is 0 Å². The Balaban J connectivity index is 3.42. The first-order valence-electron chi connectivity index (χ1n) is 6.66. The molecule has 104 valence electrons. The normalized spacial score (nSPS) is 27.6. The lowest BCUT2D eigenvalue weighted by Gasteiger charge is -2.42. The zero-order chi connectivity index (χ0) is 14.6. The van der Waals surface area contributed by atoms with E-state index in [4.69, 9.17) is 5.53 Å². The van der Waals surface area contributed by atoms with E-state index < -0.39 is 32.3 Å². The summed E-state index contributed by atoms with van der Waals surface area (Å²) in [5, 5.41) is 0.772. The number of hydrogen-bond acceptors (Lipinski definition) is 1. The molecule has 18 heavy (non-hydrogen) atoms. The van der Waals surface area contributed by atoms with Crippen LogP contribution in [-0.4, -0.2) is 33.9 Å². The van der Waals surface area contributed by atoms with E-state index in [1.165, 1.54) is 0 Å². The van der Waals surface area contributed by atoms with E-state index in [0.29, 0.717) is 4.40 Å². The molecular formula is C11H28N3PSi3. The van der Waals surface area contributed by atoms with Crippen molar-refractivity contribution in [1.29, 1.82) is 0 Å². The fourth-order valence-electron chi connectivity index (χ4n) is 4.07. The Morgan fingerprint density at radius 3 is 1.50 bits per heavy atom. The summed E-state index contributed by atoms with van der Waals surface area (Å²) in [4.78, 5) is 7.52. The molecule has 1 rings (SSSR count). The molecule has 0 radical (unpaired) electrons. The largest absolute Gasteiger partial charge is 0.0726 e. The lowest BCUT2D eigenvalue weighted by Crippen LogP contribution is -2.61. The average Bonchev–Trinajstić information content (AvgIpc) is 2.71. The standard InChI is InChI=1S/C11H28N3PSi3/c1-16(2,3)10-11(17(4,5)6,18(7,8)9)15(10)14-13-12/h10H,1-9H3/t10?,15-/m1/s1. The maximum atomic E-state index is 8.94. The van der Waals surface area contributed by atoms with Gasteiger partial charge in [-0.05, 0) is 23.3 Å². The van der Waals surface area contributed by atoms with Gasteiger partial charge in [-0.25, -0.2) is 0 Å². The van der Waals surface area contributed by atoms with Crippen LogP contribution < -0.4 is 0 Å². The summed E-state index contributed by atoms with van der Waals surface area (Å²) < 4.78 is 0.478. The van der Waals surface area contributed by atoms with Gasteiger partial charge in [-0.1, -0.05) is 63.8 Å². The Morgan fingerprint density at radius 1 is 0.944 bits per heavy atom. The molecule has 3 nitrogen and oxygen atoms in total. The molecule has 0 aromatic rings. The second kappa shape index (κ2) is 4.45.